The first-order valence-corrected chi connectivity index (χ1v) is 11.7. The van der Waals surface area contributed by atoms with E-state index in [0.29, 0.717) is 26.9 Å². The van der Waals surface area contributed by atoms with Crippen LogP contribution in [-0.4, -0.2) is 37.9 Å². The van der Waals surface area contributed by atoms with Crippen LogP contribution < -0.4 is 10.1 Å². The molecular formula is C24H20FN7O2S. The van der Waals surface area contributed by atoms with Crippen molar-refractivity contribution >= 4 is 32.9 Å². The molecule has 1 N–H and O–H groups in total. The van der Waals surface area contributed by atoms with Crippen LogP contribution in [0.1, 0.15) is 46.2 Å². The van der Waals surface area contributed by atoms with Crippen LogP contribution in [0.4, 0.5) is 9.52 Å². The van der Waals surface area contributed by atoms with E-state index < -0.39 is 11.7 Å². The summed E-state index contributed by atoms with van der Waals surface area (Å²) in [6.07, 6.45) is 6.05. The molecule has 0 atom stereocenters. The van der Waals surface area contributed by atoms with Crippen molar-refractivity contribution in [1.82, 2.24) is 24.9 Å². The van der Waals surface area contributed by atoms with E-state index in [-0.39, 0.29) is 34.4 Å². The fourth-order valence-corrected chi connectivity index (χ4v) is 4.83. The Balaban J connectivity index is 1.46. The van der Waals surface area contributed by atoms with Crippen LogP contribution in [0, 0.1) is 36.9 Å². The Morgan fingerprint density at radius 2 is 2.00 bits per heavy atom. The number of anilines is 1. The molecule has 1 fully saturated rings. The minimum absolute atomic E-state index is 0.0683. The number of halogens is 1. The summed E-state index contributed by atoms with van der Waals surface area (Å²) in [7, 11) is 1.42. The first-order chi connectivity index (χ1) is 16.9. The molecule has 0 unspecified atom stereocenters. The third-order valence-electron chi connectivity index (χ3n) is 6.03. The average molecular weight is 490 g/mol. The molecular weight excluding hydrogens is 469 g/mol. The van der Waals surface area contributed by atoms with E-state index in [4.69, 9.17) is 10.00 Å². The fraction of sp³-hybridized carbons (Fsp3) is 0.292. The van der Waals surface area contributed by atoms with Gasteiger partial charge in [0, 0.05) is 29.3 Å². The highest BCUT2D eigenvalue weighted by molar-refractivity contribution is 7.21. The molecule has 1 saturated carbocycles. The summed E-state index contributed by atoms with van der Waals surface area (Å²) >= 11 is 1.20. The number of pyridine rings is 2. The molecule has 9 nitrogen and oxygen atoms in total. The van der Waals surface area contributed by atoms with Crippen molar-refractivity contribution in [1.29, 1.82) is 5.26 Å². The van der Waals surface area contributed by atoms with Crippen molar-refractivity contribution in [3.05, 3.63) is 53.1 Å². The normalized spacial score (nSPS) is 17.0. The second-order valence-corrected chi connectivity index (χ2v) is 9.34. The Hall–Kier alpha value is -4.04. The molecule has 176 valence electrons. The molecule has 35 heavy (non-hydrogen) atoms. The number of carbonyl (C=O) groups excluding carboxylic acids is 1. The van der Waals surface area contributed by atoms with Crippen molar-refractivity contribution in [2.75, 3.05) is 12.4 Å². The third kappa shape index (κ3) is 4.17. The lowest BCUT2D eigenvalue weighted by Gasteiger charge is -2.29. The Morgan fingerprint density at radius 3 is 2.74 bits per heavy atom. The zero-order valence-electron chi connectivity index (χ0n) is 19.2. The number of hydrogen-bond acceptors (Lipinski definition) is 9. The van der Waals surface area contributed by atoms with Gasteiger partial charge in [0.25, 0.3) is 5.91 Å². The molecule has 4 aromatic rings. The summed E-state index contributed by atoms with van der Waals surface area (Å²) < 4.78 is 20.4. The van der Waals surface area contributed by atoms with Gasteiger partial charge in [-0.1, -0.05) is 11.3 Å². The van der Waals surface area contributed by atoms with Crippen molar-refractivity contribution in [3.8, 4) is 22.9 Å². The lowest BCUT2D eigenvalue weighted by atomic mass is 9.74. The predicted molar refractivity (Wildman–Crippen MR) is 128 cm³/mol. The number of fused-ring (bicyclic) bond motifs is 1. The number of nitrogens with zero attached hydrogens (tertiary/aromatic N) is 6. The molecule has 1 aliphatic rings. The van der Waals surface area contributed by atoms with Gasteiger partial charge in [-0.15, -0.1) is 0 Å². The molecule has 1 amide bonds. The van der Waals surface area contributed by atoms with Gasteiger partial charge < -0.3 is 4.74 Å². The Kier molecular flexibility index (Phi) is 5.82. The van der Waals surface area contributed by atoms with Gasteiger partial charge in [0.2, 0.25) is 0 Å². The van der Waals surface area contributed by atoms with Gasteiger partial charge in [-0.3, -0.25) is 20.1 Å². The molecule has 4 heterocycles. The summed E-state index contributed by atoms with van der Waals surface area (Å²) in [5, 5.41) is 12.1. The number of rotatable bonds is 5. The SMILES string of the molecule is COc1cnc(C)c(F)c1-c1cc(C)ncc1C(=O)Nc1nc2ncc(C3CC(C#N)C3)nc2s1. The van der Waals surface area contributed by atoms with Crippen LogP contribution in [0.5, 0.6) is 5.75 Å². The molecule has 4 aromatic heterocycles. The Labute approximate surface area is 204 Å². The number of ether oxygens (including phenoxy) is 1. The number of thiazole rings is 1. The summed E-state index contributed by atoms with van der Waals surface area (Å²) in [6, 6.07) is 3.90. The smallest absolute Gasteiger partial charge is 0.259 e. The van der Waals surface area contributed by atoms with E-state index in [9.17, 15) is 4.79 Å². The Morgan fingerprint density at radius 1 is 1.20 bits per heavy atom. The van der Waals surface area contributed by atoms with Crippen LogP contribution in [0.3, 0.4) is 0 Å². The van der Waals surface area contributed by atoms with E-state index in [0.717, 1.165) is 18.5 Å². The molecule has 0 saturated heterocycles. The van der Waals surface area contributed by atoms with Crippen LogP contribution in [0.2, 0.25) is 0 Å². The van der Waals surface area contributed by atoms with Gasteiger partial charge in [-0.05, 0) is 32.8 Å². The molecule has 0 spiro atoms. The van der Waals surface area contributed by atoms with Crippen molar-refractivity contribution in [2.24, 2.45) is 5.92 Å². The summed E-state index contributed by atoms with van der Waals surface area (Å²) in [5.74, 6) is -0.577. The lowest BCUT2D eigenvalue weighted by Crippen LogP contribution is -2.21. The van der Waals surface area contributed by atoms with Gasteiger partial charge in [-0.25, -0.2) is 14.4 Å². The number of carbonyl (C=O) groups is 1. The van der Waals surface area contributed by atoms with Crippen molar-refractivity contribution in [3.63, 3.8) is 0 Å². The standard InChI is InChI=1S/C24H20FN7O2S/c1-11-4-15(19-18(34-3)10-28-12(2)20(19)25)16(8-27-11)22(33)32-24-31-21-23(35-24)30-17(9-29-21)14-5-13(6-14)7-26/h4,8-10,13-14H,5-6H2,1-3H3,(H,29,31,32,33). The first kappa shape index (κ1) is 22.7. The van der Waals surface area contributed by atoms with E-state index >= 15 is 4.39 Å². The van der Waals surface area contributed by atoms with Crippen molar-refractivity contribution in [2.45, 2.75) is 32.6 Å². The topological polar surface area (TPSA) is 127 Å². The molecule has 1 aliphatic carbocycles. The molecule has 5 rings (SSSR count). The predicted octanol–water partition coefficient (Wildman–Crippen LogP) is 4.58. The minimum Gasteiger partial charge on any atom is -0.494 e. The average Bonchev–Trinajstić information content (AvgIpc) is 3.21. The van der Waals surface area contributed by atoms with Crippen LogP contribution in [-0.2, 0) is 0 Å². The first-order valence-electron chi connectivity index (χ1n) is 10.9. The number of aryl methyl sites for hydroxylation is 2. The molecule has 0 aliphatic heterocycles. The van der Waals surface area contributed by atoms with Gasteiger partial charge in [0.15, 0.2) is 21.4 Å². The van der Waals surface area contributed by atoms with Crippen LogP contribution in [0.15, 0.2) is 24.7 Å². The van der Waals surface area contributed by atoms with Gasteiger partial charge >= 0.3 is 0 Å². The summed E-state index contributed by atoms with van der Waals surface area (Å²) in [5.41, 5.74) is 2.69. The quantitative estimate of drug-likeness (QED) is 0.432. The zero-order valence-corrected chi connectivity index (χ0v) is 20.0. The largest absolute Gasteiger partial charge is 0.494 e. The van der Waals surface area contributed by atoms with E-state index in [2.05, 4.69) is 36.3 Å². The highest BCUT2D eigenvalue weighted by atomic mass is 32.1. The monoisotopic (exact) mass is 489 g/mol. The van der Waals surface area contributed by atoms with Gasteiger partial charge in [0.1, 0.15) is 5.75 Å². The highest BCUT2D eigenvalue weighted by Gasteiger charge is 2.32. The zero-order chi connectivity index (χ0) is 24.7. The maximum atomic E-state index is 15.1. The summed E-state index contributed by atoms with van der Waals surface area (Å²) in [4.78, 5) is 35.5. The second-order valence-electron chi connectivity index (χ2n) is 8.36. The van der Waals surface area contributed by atoms with E-state index in [1.807, 2.05) is 0 Å². The Bertz CT molecular complexity index is 1510. The number of hydrogen-bond donors (Lipinski definition) is 1. The number of nitrogens with one attached hydrogen (secondary N) is 1. The number of aromatic nitrogens is 5. The number of methoxy groups -OCH3 is 1. The van der Waals surface area contributed by atoms with Gasteiger partial charge in [0.05, 0.1) is 48.1 Å². The number of amides is 1. The number of nitriles is 1. The minimum atomic E-state index is -0.570. The summed E-state index contributed by atoms with van der Waals surface area (Å²) in [6.45, 7) is 3.30. The second kappa shape index (κ2) is 8.96. The maximum absolute atomic E-state index is 15.1. The lowest BCUT2D eigenvalue weighted by molar-refractivity contribution is 0.102. The third-order valence-corrected chi connectivity index (χ3v) is 6.89. The van der Waals surface area contributed by atoms with E-state index in [1.54, 1.807) is 26.1 Å². The molecule has 0 bridgehead atoms. The van der Waals surface area contributed by atoms with Crippen molar-refractivity contribution < 1.29 is 13.9 Å². The molecule has 0 aromatic carbocycles. The van der Waals surface area contributed by atoms with E-state index in [1.165, 1.54) is 30.8 Å². The highest BCUT2D eigenvalue weighted by Crippen LogP contribution is 2.41. The maximum Gasteiger partial charge on any atom is 0.259 e. The molecule has 0 radical (unpaired) electrons. The fourth-order valence-electron chi connectivity index (χ4n) is 4.03. The van der Waals surface area contributed by atoms with Crippen LogP contribution >= 0.6 is 11.3 Å². The van der Waals surface area contributed by atoms with Gasteiger partial charge in [-0.2, -0.15) is 10.2 Å². The molecule has 11 heteroatoms. The van der Waals surface area contributed by atoms with Crippen LogP contribution in [0.25, 0.3) is 21.6 Å².